The number of hydrogen-bond acceptors (Lipinski definition) is 5. The van der Waals surface area contributed by atoms with E-state index in [9.17, 15) is 14.3 Å². The van der Waals surface area contributed by atoms with Gasteiger partial charge in [0.2, 0.25) is 0 Å². The second kappa shape index (κ2) is 9.26. The predicted molar refractivity (Wildman–Crippen MR) is 75.0 cm³/mol. The maximum Gasteiger partial charge on any atom is 0.472 e. The summed E-state index contributed by atoms with van der Waals surface area (Å²) in [4.78, 5) is 20.1. The Morgan fingerprint density at radius 2 is 1.75 bits per heavy atom. The van der Waals surface area contributed by atoms with Crippen LogP contribution in [0.25, 0.3) is 0 Å². The first kappa shape index (κ1) is 19.3. The second-order valence-electron chi connectivity index (χ2n) is 5.23. The number of carbonyl (C=O) groups is 1. The van der Waals surface area contributed by atoms with Crippen LogP contribution in [0.2, 0.25) is 0 Å². The van der Waals surface area contributed by atoms with Gasteiger partial charge in [-0.3, -0.25) is 9.05 Å². The first-order chi connectivity index (χ1) is 9.16. The van der Waals surface area contributed by atoms with Crippen molar-refractivity contribution in [2.45, 2.75) is 12.8 Å². The molecule has 1 N–H and O–H groups in total. The highest BCUT2D eigenvalue weighted by Gasteiger charge is 2.20. The Kier molecular flexibility index (Phi) is 8.93. The van der Waals surface area contributed by atoms with Crippen LogP contribution in [0.5, 0.6) is 0 Å². The summed E-state index contributed by atoms with van der Waals surface area (Å²) in [5, 5.41) is 0. The van der Waals surface area contributed by atoms with Gasteiger partial charge in [-0.25, -0.2) is 9.36 Å². The lowest BCUT2D eigenvalue weighted by atomic mass is 10.4. The summed E-state index contributed by atoms with van der Waals surface area (Å²) in [7, 11) is 2.07. The van der Waals surface area contributed by atoms with E-state index in [0.29, 0.717) is 12.8 Å². The van der Waals surface area contributed by atoms with Gasteiger partial charge in [-0.05, 0) is 0 Å². The van der Waals surface area contributed by atoms with Crippen molar-refractivity contribution >= 4 is 13.8 Å². The maximum absolute atomic E-state index is 11.5. The molecule has 0 saturated carbocycles. The van der Waals surface area contributed by atoms with Crippen molar-refractivity contribution in [3.8, 4) is 0 Å². The minimum atomic E-state index is -4.01. The lowest BCUT2D eigenvalue weighted by Crippen LogP contribution is -2.35. The Morgan fingerprint density at radius 3 is 2.25 bits per heavy atom. The van der Waals surface area contributed by atoms with Crippen molar-refractivity contribution in [1.29, 1.82) is 0 Å². The van der Waals surface area contributed by atoms with E-state index in [2.05, 4.69) is 6.58 Å². The molecule has 0 bridgehead atoms. The topological polar surface area (TPSA) is 82.1 Å². The molecule has 20 heavy (non-hydrogen) atoms. The molecule has 0 aliphatic heterocycles. The third-order valence-corrected chi connectivity index (χ3v) is 3.20. The van der Waals surface area contributed by atoms with E-state index in [4.69, 9.17) is 13.8 Å². The van der Waals surface area contributed by atoms with Crippen molar-refractivity contribution in [3.05, 3.63) is 12.7 Å². The average molecular weight is 310 g/mol. The van der Waals surface area contributed by atoms with Crippen LogP contribution in [0.15, 0.2) is 12.7 Å². The molecule has 8 heteroatoms. The smallest absolute Gasteiger partial charge is 0.462 e. The molecule has 0 heterocycles. The van der Waals surface area contributed by atoms with Crippen molar-refractivity contribution < 1.29 is 32.5 Å². The fourth-order valence-corrected chi connectivity index (χ4v) is 2.02. The number of quaternary nitrogens is 1. The summed E-state index contributed by atoms with van der Waals surface area (Å²) < 4.78 is 26.5. The zero-order valence-corrected chi connectivity index (χ0v) is 13.3. The van der Waals surface area contributed by atoms with E-state index in [1.807, 2.05) is 21.1 Å². The zero-order valence-electron chi connectivity index (χ0n) is 12.4. The van der Waals surface area contributed by atoms with Crippen LogP contribution in [0.4, 0.5) is 0 Å². The molecule has 7 nitrogen and oxygen atoms in total. The van der Waals surface area contributed by atoms with Crippen LogP contribution in [-0.2, 0) is 23.1 Å². The first-order valence-corrected chi connectivity index (χ1v) is 7.87. The van der Waals surface area contributed by atoms with Crippen LogP contribution >= 0.6 is 7.82 Å². The Balaban J connectivity index is 3.66. The molecular formula is C12H25NO6P+. The number of ether oxygens (including phenoxy) is 1. The van der Waals surface area contributed by atoms with Gasteiger partial charge in [0.25, 0.3) is 0 Å². The fourth-order valence-electron chi connectivity index (χ4n) is 1.23. The Hall–Kier alpha value is -0.720. The van der Waals surface area contributed by atoms with Crippen LogP contribution in [0.1, 0.15) is 12.8 Å². The third kappa shape index (κ3) is 12.3. The van der Waals surface area contributed by atoms with Gasteiger partial charge in [-0.2, -0.15) is 0 Å². The molecule has 0 amide bonds. The van der Waals surface area contributed by atoms with Gasteiger partial charge < -0.3 is 14.1 Å². The monoisotopic (exact) mass is 310 g/mol. The molecule has 118 valence electrons. The maximum atomic E-state index is 11.5. The highest BCUT2D eigenvalue weighted by molar-refractivity contribution is 7.47. The zero-order chi connectivity index (χ0) is 15.6. The van der Waals surface area contributed by atoms with Crippen molar-refractivity contribution in [2.75, 3.05) is 47.5 Å². The molecule has 0 radical (unpaired) electrons. The Bertz CT molecular complexity index is 352. The number of esters is 1. The second-order valence-corrected chi connectivity index (χ2v) is 6.68. The molecule has 0 aliphatic rings. The SMILES string of the molecule is C=CC(=O)OCCCOP(=O)(O)OCCC[N+](C)(C)C. The quantitative estimate of drug-likeness (QED) is 0.204. The number of rotatable bonds is 11. The van der Waals surface area contributed by atoms with E-state index >= 15 is 0 Å². The third-order valence-electron chi connectivity index (χ3n) is 2.18. The van der Waals surface area contributed by atoms with Crippen molar-refractivity contribution in [1.82, 2.24) is 0 Å². The van der Waals surface area contributed by atoms with E-state index in [1.165, 1.54) is 0 Å². The summed E-state index contributed by atoms with van der Waals surface area (Å²) in [5.41, 5.74) is 0. The van der Waals surface area contributed by atoms with E-state index < -0.39 is 13.8 Å². The van der Waals surface area contributed by atoms with Crippen LogP contribution in [-0.4, -0.2) is 62.9 Å². The molecular weight excluding hydrogens is 285 g/mol. The van der Waals surface area contributed by atoms with Gasteiger partial charge in [-0.1, -0.05) is 6.58 Å². The summed E-state index contributed by atoms with van der Waals surface area (Å²) in [5.74, 6) is -0.534. The highest BCUT2D eigenvalue weighted by Crippen LogP contribution is 2.43. The van der Waals surface area contributed by atoms with Crippen LogP contribution < -0.4 is 0 Å². The summed E-state index contributed by atoms with van der Waals surface area (Å²) >= 11 is 0. The molecule has 1 unspecified atom stereocenters. The summed E-state index contributed by atoms with van der Waals surface area (Å²) in [6.45, 7) is 4.32. The number of carbonyl (C=O) groups excluding carboxylic acids is 1. The van der Waals surface area contributed by atoms with Crippen molar-refractivity contribution in [2.24, 2.45) is 0 Å². The Morgan fingerprint density at radius 1 is 1.20 bits per heavy atom. The number of nitrogens with zero attached hydrogens (tertiary/aromatic N) is 1. The summed E-state index contributed by atoms with van der Waals surface area (Å²) in [6, 6.07) is 0. The Labute approximate surface area is 120 Å². The molecule has 0 aromatic heterocycles. The van der Waals surface area contributed by atoms with Gasteiger partial charge in [0, 0.05) is 18.9 Å². The van der Waals surface area contributed by atoms with Crippen LogP contribution in [0.3, 0.4) is 0 Å². The van der Waals surface area contributed by atoms with Gasteiger partial charge >= 0.3 is 13.8 Å². The predicted octanol–water partition coefficient (Wildman–Crippen LogP) is 1.34. The number of phosphoric acid groups is 1. The van der Waals surface area contributed by atoms with Gasteiger partial charge in [-0.15, -0.1) is 0 Å². The van der Waals surface area contributed by atoms with E-state index in [-0.39, 0.29) is 19.8 Å². The lowest BCUT2D eigenvalue weighted by molar-refractivity contribution is -0.870. The molecule has 0 rings (SSSR count). The highest BCUT2D eigenvalue weighted by atomic mass is 31.2. The first-order valence-electron chi connectivity index (χ1n) is 6.38. The van der Waals surface area contributed by atoms with Crippen LogP contribution in [0, 0.1) is 0 Å². The molecule has 0 aromatic rings. The standard InChI is InChI=1S/C12H24NO6P/c1-5-12(14)17-9-7-11-19-20(15,16)18-10-6-8-13(2,3)4/h5H,1,6-11H2,2-4H3/p+1. The number of hydrogen-bond donors (Lipinski definition) is 1. The van der Waals surface area contributed by atoms with E-state index in [1.54, 1.807) is 0 Å². The summed E-state index contributed by atoms with van der Waals surface area (Å²) in [6.07, 6.45) is 2.02. The normalized spacial score (nSPS) is 14.6. The van der Waals surface area contributed by atoms with Gasteiger partial charge in [0.1, 0.15) is 0 Å². The molecule has 1 atom stereocenters. The molecule has 0 saturated heterocycles. The van der Waals surface area contributed by atoms with Crippen molar-refractivity contribution in [3.63, 3.8) is 0 Å². The van der Waals surface area contributed by atoms with E-state index in [0.717, 1.165) is 17.1 Å². The average Bonchev–Trinajstić information content (AvgIpc) is 2.33. The molecule has 0 fully saturated rings. The van der Waals surface area contributed by atoms with Gasteiger partial charge in [0.15, 0.2) is 0 Å². The largest absolute Gasteiger partial charge is 0.472 e. The van der Waals surface area contributed by atoms with Gasteiger partial charge in [0.05, 0.1) is 47.5 Å². The minimum absolute atomic E-state index is 0.0203. The number of phosphoric ester groups is 1. The fraction of sp³-hybridized carbons (Fsp3) is 0.750. The minimum Gasteiger partial charge on any atom is -0.462 e. The molecule has 0 aliphatic carbocycles. The molecule has 0 spiro atoms. The molecule has 0 aromatic carbocycles. The lowest BCUT2D eigenvalue weighted by Gasteiger charge is -2.23.